The normalized spacial score (nSPS) is 14.5. The van der Waals surface area contributed by atoms with E-state index in [2.05, 4.69) is 28.3 Å². The van der Waals surface area contributed by atoms with E-state index in [1.165, 1.54) is 19.3 Å². The molecule has 1 atom stereocenters. The lowest BCUT2D eigenvalue weighted by Crippen LogP contribution is -2.31. The average Bonchev–Trinajstić information content (AvgIpc) is 3.13. The van der Waals surface area contributed by atoms with Crippen molar-refractivity contribution in [2.75, 3.05) is 5.32 Å². The van der Waals surface area contributed by atoms with Crippen LogP contribution >= 0.6 is 11.6 Å². The average molecular weight is 473 g/mol. The number of hydrogen-bond donors (Lipinski definition) is 2. The van der Waals surface area contributed by atoms with Gasteiger partial charge in [-0.2, -0.15) is 15.2 Å². The van der Waals surface area contributed by atoms with Crippen LogP contribution in [0.4, 0.5) is 5.82 Å². The first-order chi connectivity index (χ1) is 16.4. The number of anilines is 1. The van der Waals surface area contributed by atoms with Gasteiger partial charge in [-0.1, -0.05) is 41.8 Å². The quantitative estimate of drug-likeness (QED) is 0.374. The van der Waals surface area contributed by atoms with Gasteiger partial charge < -0.3 is 15.0 Å². The molecule has 1 aliphatic carbocycles. The van der Waals surface area contributed by atoms with Crippen LogP contribution in [0.15, 0.2) is 42.5 Å². The summed E-state index contributed by atoms with van der Waals surface area (Å²) < 4.78 is 2.00. The highest BCUT2D eigenvalue weighted by Crippen LogP contribution is 2.36. The third-order valence-electron chi connectivity index (χ3n) is 6.57. The number of halogens is 1. The van der Waals surface area contributed by atoms with Crippen molar-refractivity contribution >= 4 is 28.6 Å². The maximum Gasteiger partial charge on any atom is 0.236 e. The molecule has 34 heavy (non-hydrogen) atoms. The first-order valence-corrected chi connectivity index (χ1v) is 11.8. The standard InChI is InChI=1S/C26H25ClN6O/c1-15-6-11-21(34)20(12-15)26-32-25-23(33(26)14-17-7-9-19(27)10-8-17)24(30-22(13-28)31-25)29-16(2)18-4-3-5-18/h6-12,16,18,34H,3-5,14H2,1-2H3,(H,29,30,31)/t16-/m1/s1. The number of phenolic OH excluding ortho intramolecular Hbond substituents is 1. The maximum atomic E-state index is 10.7. The van der Waals surface area contributed by atoms with Crippen molar-refractivity contribution in [2.45, 2.75) is 45.7 Å². The minimum Gasteiger partial charge on any atom is -0.507 e. The Morgan fingerprint density at radius 1 is 1.18 bits per heavy atom. The maximum absolute atomic E-state index is 10.7. The SMILES string of the molecule is Cc1ccc(O)c(-c2nc3nc(C#N)nc(N[C@H](C)C4CCC4)c3n2Cc2ccc(Cl)cc2)c1. The van der Waals surface area contributed by atoms with Gasteiger partial charge in [0.25, 0.3) is 0 Å². The molecule has 4 aromatic rings. The fourth-order valence-electron chi connectivity index (χ4n) is 4.42. The zero-order valence-corrected chi connectivity index (χ0v) is 19.8. The van der Waals surface area contributed by atoms with Gasteiger partial charge in [0.1, 0.15) is 23.2 Å². The Balaban J connectivity index is 1.73. The Morgan fingerprint density at radius 2 is 1.94 bits per heavy atom. The molecular weight excluding hydrogens is 448 g/mol. The van der Waals surface area contributed by atoms with Crippen LogP contribution in [-0.2, 0) is 6.54 Å². The molecule has 2 aromatic heterocycles. The zero-order chi connectivity index (χ0) is 23.8. The predicted molar refractivity (Wildman–Crippen MR) is 133 cm³/mol. The van der Waals surface area contributed by atoms with Crippen molar-refractivity contribution in [1.29, 1.82) is 5.26 Å². The van der Waals surface area contributed by atoms with Gasteiger partial charge in [0, 0.05) is 17.6 Å². The number of rotatable bonds is 6. The summed E-state index contributed by atoms with van der Waals surface area (Å²) in [6.45, 7) is 4.59. The third-order valence-corrected chi connectivity index (χ3v) is 6.82. The Labute approximate surface area is 203 Å². The van der Waals surface area contributed by atoms with Gasteiger partial charge in [0.05, 0.1) is 5.56 Å². The lowest BCUT2D eigenvalue weighted by molar-refractivity contribution is 0.285. The second-order valence-electron chi connectivity index (χ2n) is 8.97. The molecule has 0 bridgehead atoms. The van der Waals surface area contributed by atoms with Crippen LogP contribution in [0.3, 0.4) is 0 Å². The van der Waals surface area contributed by atoms with E-state index in [4.69, 9.17) is 16.6 Å². The van der Waals surface area contributed by atoms with Crippen LogP contribution in [0.2, 0.25) is 5.02 Å². The minimum absolute atomic E-state index is 0.0620. The number of hydrogen-bond acceptors (Lipinski definition) is 6. The summed E-state index contributed by atoms with van der Waals surface area (Å²) in [6, 6.07) is 15.3. The molecule has 0 aliphatic heterocycles. The molecule has 1 saturated carbocycles. The predicted octanol–water partition coefficient (Wildman–Crippen LogP) is 5.68. The molecule has 0 spiro atoms. The molecule has 0 unspecified atom stereocenters. The molecule has 2 heterocycles. The van der Waals surface area contributed by atoms with Gasteiger partial charge in [-0.05, 0) is 62.4 Å². The highest BCUT2D eigenvalue weighted by atomic mass is 35.5. The fraction of sp³-hybridized carbons (Fsp3) is 0.308. The molecule has 1 aliphatic rings. The van der Waals surface area contributed by atoms with E-state index < -0.39 is 0 Å². The third kappa shape index (κ3) is 4.17. The summed E-state index contributed by atoms with van der Waals surface area (Å²) in [5.74, 6) is 1.91. The van der Waals surface area contributed by atoms with Gasteiger partial charge in [-0.3, -0.25) is 0 Å². The summed E-state index contributed by atoms with van der Waals surface area (Å²) in [5, 5.41) is 24.5. The number of aryl methyl sites for hydroxylation is 1. The molecule has 0 amide bonds. The van der Waals surface area contributed by atoms with Gasteiger partial charge in [0.2, 0.25) is 5.82 Å². The first kappa shape index (κ1) is 22.2. The van der Waals surface area contributed by atoms with Crippen molar-refractivity contribution in [3.8, 4) is 23.2 Å². The van der Waals surface area contributed by atoms with Crippen molar-refractivity contribution in [3.05, 3.63) is 64.4 Å². The van der Waals surface area contributed by atoms with E-state index in [0.717, 1.165) is 11.1 Å². The van der Waals surface area contributed by atoms with Crippen LogP contribution < -0.4 is 5.32 Å². The molecule has 172 valence electrons. The first-order valence-electron chi connectivity index (χ1n) is 11.4. The molecule has 8 heteroatoms. The molecule has 1 fully saturated rings. The topological polar surface area (TPSA) is 99.7 Å². The van der Waals surface area contributed by atoms with E-state index in [1.54, 1.807) is 6.07 Å². The second kappa shape index (κ2) is 8.96. The Kier molecular flexibility index (Phi) is 5.84. The van der Waals surface area contributed by atoms with E-state index in [-0.39, 0.29) is 17.6 Å². The van der Waals surface area contributed by atoms with Crippen LogP contribution in [0.5, 0.6) is 5.75 Å². The monoisotopic (exact) mass is 472 g/mol. The van der Waals surface area contributed by atoms with Crippen LogP contribution in [0.1, 0.15) is 43.1 Å². The summed E-state index contributed by atoms with van der Waals surface area (Å²) in [5.41, 5.74) is 3.73. The Bertz CT molecular complexity index is 1400. The van der Waals surface area contributed by atoms with E-state index >= 15 is 0 Å². The number of nitrogens with zero attached hydrogens (tertiary/aromatic N) is 5. The number of phenols is 1. The van der Waals surface area contributed by atoms with Crippen molar-refractivity contribution in [1.82, 2.24) is 19.5 Å². The molecule has 7 nitrogen and oxygen atoms in total. The van der Waals surface area contributed by atoms with E-state index in [0.29, 0.717) is 45.9 Å². The fourth-order valence-corrected chi connectivity index (χ4v) is 4.55. The highest BCUT2D eigenvalue weighted by molar-refractivity contribution is 6.30. The van der Waals surface area contributed by atoms with E-state index in [9.17, 15) is 10.4 Å². The van der Waals surface area contributed by atoms with E-state index in [1.807, 2.05) is 47.9 Å². The van der Waals surface area contributed by atoms with Gasteiger partial charge >= 0.3 is 0 Å². The largest absolute Gasteiger partial charge is 0.507 e. The summed E-state index contributed by atoms with van der Waals surface area (Å²) >= 11 is 6.11. The van der Waals surface area contributed by atoms with Gasteiger partial charge in [-0.15, -0.1) is 0 Å². The zero-order valence-electron chi connectivity index (χ0n) is 19.1. The summed E-state index contributed by atoms with van der Waals surface area (Å²) in [6.07, 6.45) is 3.60. The lowest BCUT2D eigenvalue weighted by atomic mass is 9.80. The number of nitriles is 1. The number of imidazole rings is 1. The number of aromatic nitrogens is 4. The molecule has 5 rings (SSSR count). The number of nitrogens with one attached hydrogen (secondary N) is 1. The molecule has 0 radical (unpaired) electrons. The van der Waals surface area contributed by atoms with Crippen molar-refractivity contribution in [3.63, 3.8) is 0 Å². The molecule has 2 N–H and O–H groups in total. The van der Waals surface area contributed by atoms with Crippen LogP contribution in [0.25, 0.3) is 22.6 Å². The highest BCUT2D eigenvalue weighted by Gasteiger charge is 2.27. The van der Waals surface area contributed by atoms with Crippen molar-refractivity contribution in [2.24, 2.45) is 5.92 Å². The Hall–Kier alpha value is -3.63. The van der Waals surface area contributed by atoms with Crippen molar-refractivity contribution < 1.29 is 5.11 Å². The number of aromatic hydroxyl groups is 1. The Morgan fingerprint density at radius 3 is 2.62 bits per heavy atom. The number of fused-ring (bicyclic) bond motifs is 1. The summed E-state index contributed by atoms with van der Waals surface area (Å²) in [7, 11) is 0. The van der Waals surface area contributed by atoms with Gasteiger partial charge in [0.15, 0.2) is 11.5 Å². The molecular formula is C26H25ClN6O. The minimum atomic E-state index is 0.0620. The molecule has 0 saturated heterocycles. The van der Waals surface area contributed by atoms with Crippen LogP contribution in [0, 0.1) is 24.2 Å². The van der Waals surface area contributed by atoms with Gasteiger partial charge in [-0.25, -0.2) is 4.98 Å². The number of benzene rings is 2. The smallest absolute Gasteiger partial charge is 0.236 e. The van der Waals surface area contributed by atoms with Crippen LogP contribution in [-0.4, -0.2) is 30.7 Å². The summed E-state index contributed by atoms with van der Waals surface area (Å²) in [4.78, 5) is 13.7. The second-order valence-corrected chi connectivity index (χ2v) is 9.41. The molecule has 2 aromatic carbocycles. The lowest BCUT2D eigenvalue weighted by Gasteiger charge is -2.32.